The minimum atomic E-state index is 0.0729. The van der Waals surface area contributed by atoms with Gasteiger partial charge in [-0.05, 0) is 13.0 Å². The van der Waals surface area contributed by atoms with Crippen LogP contribution in [0, 0.1) is 0 Å². The first-order valence-electron chi connectivity index (χ1n) is 4.03. The average Bonchev–Trinajstić information content (AvgIpc) is 2.30. The fraction of sp³-hybridized carbons (Fsp3) is 0.857. The molecule has 0 aromatic rings. The van der Waals surface area contributed by atoms with E-state index in [1.807, 2.05) is 11.9 Å². The van der Waals surface area contributed by atoms with Gasteiger partial charge in [-0.2, -0.15) is 0 Å². The van der Waals surface area contributed by atoms with E-state index in [9.17, 15) is 4.79 Å². The van der Waals surface area contributed by atoms with Crippen LogP contribution in [0.4, 0.5) is 4.79 Å². The van der Waals surface area contributed by atoms with Crippen LogP contribution in [0.1, 0.15) is 6.42 Å². The summed E-state index contributed by atoms with van der Waals surface area (Å²) in [5, 5.41) is 6.19. The van der Waals surface area contributed by atoms with Crippen LogP contribution in [-0.4, -0.2) is 43.2 Å². The van der Waals surface area contributed by atoms with Crippen LogP contribution < -0.4 is 10.6 Å². The Labute approximate surface area is 65.9 Å². The molecule has 0 radical (unpaired) electrons. The Hall–Kier alpha value is -0.770. The number of carbonyl (C=O) groups excluding carboxylic acids is 1. The zero-order valence-corrected chi connectivity index (χ0v) is 6.63. The molecule has 0 bridgehead atoms. The first kappa shape index (κ1) is 6.91. The minimum absolute atomic E-state index is 0.0729. The summed E-state index contributed by atoms with van der Waals surface area (Å²) in [6, 6.07) is 0.827. The summed E-state index contributed by atoms with van der Waals surface area (Å²) in [5.41, 5.74) is 0. The fourth-order valence-corrected chi connectivity index (χ4v) is 1.87. The Balaban J connectivity index is 2.11. The van der Waals surface area contributed by atoms with E-state index in [1.165, 1.54) is 0 Å². The number of piperidine rings is 1. The first-order valence-corrected chi connectivity index (χ1v) is 4.03. The monoisotopic (exact) mass is 155 g/mol. The molecule has 0 spiro atoms. The van der Waals surface area contributed by atoms with E-state index in [2.05, 4.69) is 10.6 Å². The summed E-state index contributed by atoms with van der Waals surface area (Å²) >= 11 is 0. The van der Waals surface area contributed by atoms with Gasteiger partial charge >= 0.3 is 6.03 Å². The molecule has 2 atom stereocenters. The molecule has 2 aliphatic rings. The molecule has 2 heterocycles. The number of nitrogens with one attached hydrogen (secondary N) is 2. The third kappa shape index (κ3) is 0.976. The summed E-state index contributed by atoms with van der Waals surface area (Å²) in [6.45, 7) is 1.95. The van der Waals surface area contributed by atoms with E-state index in [0.717, 1.165) is 19.5 Å². The first-order chi connectivity index (χ1) is 5.29. The van der Waals surface area contributed by atoms with Crippen molar-refractivity contribution < 1.29 is 4.79 Å². The van der Waals surface area contributed by atoms with E-state index in [-0.39, 0.29) is 6.03 Å². The number of hydrogen-bond acceptors (Lipinski definition) is 2. The maximum atomic E-state index is 11.1. The van der Waals surface area contributed by atoms with E-state index in [1.54, 1.807) is 0 Å². The van der Waals surface area contributed by atoms with Crippen LogP contribution >= 0.6 is 0 Å². The van der Waals surface area contributed by atoms with Crippen molar-refractivity contribution in [2.75, 3.05) is 20.1 Å². The van der Waals surface area contributed by atoms with Crippen LogP contribution in [0.15, 0.2) is 0 Å². The number of nitrogens with zero attached hydrogens (tertiary/aromatic N) is 1. The maximum Gasteiger partial charge on any atom is 0.317 e. The molecule has 11 heavy (non-hydrogen) atoms. The van der Waals surface area contributed by atoms with Crippen LogP contribution in [0.5, 0.6) is 0 Å². The second-order valence-corrected chi connectivity index (χ2v) is 3.23. The molecule has 2 N–H and O–H groups in total. The molecule has 4 nitrogen and oxygen atoms in total. The molecule has 0 saturated carbocycles. The number of amides is 2. The summed E-state index contributed by atoms with van der Waals surface area (Å²) in [7, 11) is 1.87. The highest BCUT2D eigenvalue weighted by molar-refractivity contribution is 5.77. The number of rotatable bonds is 0. The number of fused-ring (bicyclic) bond motifs is 1. The van der Waals surface area contributed by atoms with Crippen LogP contribution in [-0.2, 0) is 0 Å². The van der Waals surface area contributed by atoms with Gasteiger partial charge in [0.15, 0.2) is 0 Å². The normalized spacial score (nSPS) is 36.8. The van der Waals surface area contributed by atoms with E-state index < -0.39 is 0 Å². The smallest absolute Gasteiger partial charge is 0.317 e. The SMILES string of the molecule is CN1C(=O)N[C@@H]2CNCC[C@H]21. The Bertz CT molecular complexity index is 183. The van der Waals surface area contributed by atoms with Gasteiger partial charge in [-0.3, -0.25) is 0 Å². The lowest BCUT2D eigenvalue weighted by molar-refractivity contribution is 0.210. The van der Waals surface area contributed by atoms with Gasteiger partial charge < -0.3 is 15.5 Å². The van der Waals surface area contributed by atoms with Crippen molar-refractivity contribution >= 4 is 6.03 Å². The molecule has 0 aliphatic carbocycles. The lowest BCUT2D eigenvalue weighted by Gasteiger charge is -2.27. The molecule has 2 fully saturated rings. The number of carbonyl (C=O) groups is 1. The quantitative estimate of drug-likeness (QED) is 0.489. The third-order valence-corrected chi connectivity index (χ3v) is 2.57. The number of hydrogen-bond donors (Lipinski definition) is 2. The van der Waals surface area contributed by atoms with Gasteiger partial charge in [0.25, 0.3) is 0 Å². The van der Waals surface area contributed by atoms with Crippen molar-refractivity contribution in [1.29, 1.82) is 0 Å². The molecular formula is C7H13N3O. The standard InChI is InChI=1S/C7H13N3O/c1-10-6-2-3-8-4-5(6)9-7(10)11/h5-6,8H,2-4H2,1H3,(H,9,11)/t5-,6-/m1/s1. The lowest BCUT2D eigenvalue weighted by Crippen LogP contribution is -2.48. The van der Waals surface area contributed by atoms with E-state index in [0.29, 0.717) is 12.1 Å². The van der Waals surface area contributed by atoms with Gasteiger partial charge in [-0.15, -0.1) is 0 Å². The van der Waals surface area contributed by atoms with Gasteiger partial charge in [0.1, 0.15) is 0 Å². The fourth-order valence-electron chi connectivity index (χ4n) is 1.87. The topological polar surface area (TPSA) is 44.4 Å². The summed E-state index contributed by atoms with van der Waals surface area (Å²) in [5.74, 6) is 0. The van der Waals surface area contributed by atoms with Crippen molar-refractivity contribution in [2.24, 2.45) is 0 Å². The van der Waals surface area contributed by atoms with Crippen molar-refractivity contribution in [1.82, 2.24) is 15.5 Å². The van der Waals surface area contributed by atoms with Crippen molar-refractivity contribution in [3.8, 4) is 0 Å². The van der Waals surface area contributed by atoms with E-state index >= 15 is 0 Å². The second-order valence-electron chi connectivity index (χ2n) is 3.23. The van der Waals surface area contributed by atoms with Crippen molar-refractivity contribution in [2.45, 2.75) is 18.5 Å². The van der Waals surface area contributed by atoms with Crippen LogP contribution in [0.25, 0.3) is 0 Å². The van der Waals surface area contributed by atoms with Gasteiger partial charge in [0, 0.05) is 13.6 Å². The average molecular weight is 155 g/mol. The van der Waals surface area contributed by atoms with E-state index in [4.69, 9.17) is 0 Å². The van der Waals surface area contributed by atoms with Crippen molar-refractivity contribution in [3.05, 3.63) is 0 Å². The Kier molecular flexibility index (Phi) is 1.49. The molecule has 4 heteroatoms. The molecule has 2 aliphatic heterocycles. The summed E-state index contributed by atoms with van der Waals surface area (Å²) in [6.07, 6.45) is 1.07. The van der Waals surface area contributed by atoms with Gasteiger partial charge in [0.2, 0.25) is 0 Å². The van der Waals surface area contributed by atoms with Gasteiger partial charge in [-0.25, -0.2) is 4.79 Å². The highest BCUT2D eigenvalue weighted by atomic mass is 16.2. The Morgan fingerprint density at radius 3 is 3.18 bits per heavy atom. The summed E-state index contributed by atoms with van der Waals surface area (Å²) in [4.78, 5) is 12.9. The molecule has 2 amide bonds. The molecule has 2 rings (SSSR count). The molecule has 2 saturated heterocycles. The maximum absolute atomic E-state index is 11.1. The largest absolute Gasteiger partial charge is 0.332 e. The van der Waals surface area contributed by atoms with Crippen molar-refractivity contribution in [3.63, 3.8) is 0 Å². The van der Waals surface area contributed by atoms with Gasteiger partial charge in [-0.1, -0.05) is 0 Å². The summed E-state index contributed by atoms with van der Waals surface area (Å²) < 4.78 is 0. The minimum Gasteiger partial charge on any atom is -0.332 e. The predicted octanol–water partition coefficient (Wildman–Crippen LogP) is -0.628. The molecule has 0 unspecified atom stereocenters. The Morgan fingerprint density at radius 2 is 2.45 bits per heavy atom. The van der Waals surface area contributed by atoms with Gasteiger partial charge in [0.05, 0.1) is 12.1 Å². The molecular weight excluding hydrogens is 142 g/mol. The Morgan fingerprint density at radius 1 is 1.64 bits per heavy atom. The molecule has 62 valence electrons. The third-order valence-electron chi connectivity index (χ3n) is 2.57. The highest BCUT2D eigenvalue weighted by Crippen LogP contribution is 2.16. The highest BCUT2D eigenvalue weighted by Gasteiger charge is 2.37. The molecule has 0 aromatic carbocycles. The lowest BCUT2D eigenvalue weighted by atomic mass is 10.0. The zero-order valence-electron chi connectivity index (χ0n) is 6.63. The van der Waals surface area contributed by atoms with Crippen LogP contribution in [0.2, 0.25) is 0 Å². The van der Waals surface area contributed by atoms with Crippen LogP contribution in [0.3, 0.4) is 0 Å². The molecule has 0 aromatic heterocycles. The zero-order chi connectivity index (χ0) is 7.84. The number of urea groups is 1. The number of likely N-dealkylation sites (N-methyl/N-ethyl adjacent to an activating group) is 1. The second kappa shape index (κ2) is 2.37. The predicted molar refractivity (Wildman–Crippen MR) is 41.4 cm³/mol.